The molecule has 0 bridgehead atoms. The van der Waals surface area contributed by atoms with E-state index in [0.717, 1.165) is 26.6 Å². The van der Waals surface area contributed by atoms with Crippen LogP contribution in [0.2, 0.25) is 0 Å². The molecule has 1 aromatic heterocycles. The van der Waals surface area contributed by atoms with E-state index in [1.54, 1.807) is 37.6 Å². The Balaban J connectivity index is 1.54. The number of aliphatic hydroxyl groups is 1. The standard InChI is InChI=1S/C26H33FN4O4S/c1-14-21(36-13-28-14)16-6-8-17(9-7-16)26(10-11-26)30-23(34)20-19(27)18(33)12-31(20)24(35)22(25(3,4)5)29-15(2)32/h6-9,13,18-20,22,33H,10-12H2,1-5H3,(H,29,32)(H,30,34)/t18-,19-,20-,22+/m0/s1. The minimum atomic E-state index is -1.93. The number of alkyl halides is 1. The number of aryl methyl sites for hydroxylation is 1. The second-order valence-corrected chi connectivity index (χ2v) is 11.7. The van der Waals surface area contributed by atoms with Crippen molar-refractivity contribution in [1.82, 2.24) is 20.5 Å². The molecule has 1 saturated carbocycles. The van der Waals surface area contributed by atoms with Crippen molar-refractivity contribution in [2.24, 2.45) is 5.41 Å². The van der Waals surface area contributed by atoms with E-state index < -0.39 is 53.0 Å². The monoisotopic (exact) mass is 516 g/mol. The lowest BCUT2D eigenvalue weighted by atomic mass is 9.85. The first-order chi connectivity index (χ1) is 16.8. The number of benzene rings is 1. The van der Waals surface area contributed by atoms with E-state index in [-0.39, 0.29) is 6.54 Å². The number of nitrogens with one attached hydrogen (secondary N) is 2. The first-order valence-corrected chi connectivity index (χ1v) is 12.9. The van der Waals surface area contributed by atoms with Gasteiger partial charge in [-0.1, -0.05) is 45.0 Å². The van der Waals surface area contributed by atoms with Gasteiger partial charge in [0.15, 0.2) is 6.17 Å². The summed E-state index contributed by atoms with van der Waals surface area (Å²) >= 11 is 1.56. The summed E-state index contributed by atoms with van der Waals surface area (Å²) in [7, 11) is 0. The van der Waals surface area contributed by atoms with E-state index >= 15 is 4.39 Å². The molecule has 1 aromatic carbocycles. The molecule has 8 nitrogen and oxygen atoms in total. The molecule has 3 amide bonds. The largest absolute Gasteiger partial charge is 0.388 e. The van der Waals surface area contributed by atoms with Crippen LogP contribution in [0.3, 0.4) is 0 Å². The van der Waals surface area contributed by atoms with Crippen LogP contribution >= 0.6 is 11.3 Å². The summed E-state index contributed by atoms with van der Waals surface area (Å²) in [4.78, 5) is 45.0. The molecule has 2 aliphatic rings. The summed E-state index contributed by atoms with van der Waals surface area (Å²) in [5.74, 6) is -1.65. The van der Waals surface area contributed by atoms with Gasteiger partial charge in [-0.2, -0.15) is 0 Å². The quantitative estimate of drug-likeness (QED) is 0.547. The highest BCUT2D eigenvalue weighted by atomic mass is 32.1. The number of β-amino-alcohol motifs (C(OH)–C–C–N with tert-alkyl or cyclic N) is 1. The predicted molar refractivity (Wildman–Crippen MR) is 135 cm³/mol. The topological polar surface area (TPSA) is 112 Å². The van der Waals surface area contributed by atoms with Crippen LogP contribution in [0, 0.1) is 12.3 Å². The highest BCUT2D eigenvalue weighted by molar-refractivity contribution is 7.13. The molecule has 2 heterocycles. The van der Waals surface area contributed by atoms with Crippen molar-refractivity contribution < 1.29 is 23.9 Å². The fourth-order valence-electron chi connectivity index (χ4n) is 4.77. The smallest absolute Gasteiger partial charge is 0.246 e. The normalized spacial score (nSPS) is 23.8. The third-order valence-corrected chi connectivity index (χ3v) is 7.94. The number of rotatable bonds is 6. The van der Waals surface area contributed by atoms with Crippen molar-refractivity contribution in [2.75, 3.05) is 6.54 Å². The van der Waals surface area contributed by atoms with Crippen molar-refractivity contribution >= 4 is 29.1 Å². The van der Waals surface area contributed by atoms with Crippen LogP contribution in [0.15, 0.2) is 29.8 Å². The molecular weight excluding hydrogens is 483 g/mol. The molecule has 4 atom stereocenters. The van der Waals surface area contributed by atoms with E-state index in [4.69, 9.17) is 0 Å². The lowest BCUT2D eigenvalue weighted by Gasteiger charge is -2.35. The van der Waals surface area contributed by atoms with Gasteiger partial charge in [0, 0.05) is 6.92 Å². The van der Waals surface area contributed by atoms with Crippen molar-refractivity contribution in [3.8, 4) is 10.4 Å². The lowest BCUT2D eigenvalue weighted by molar-refractivity contribution is -0.144. The van der Waals surface area contributed by atoms with Gasteiger partial charge in [-0.3, -0.25) is 14.4 Å². The molecule has 0 radical (unpaired) electrons. The second-order valence-electron chi connectivity index (χ2n) is 10.9. The van der Waals surface area contributed by atoms with Crippen molar-refractivity contribution in [2.45, 2.75) is 77.4 Å². The minimum absolute atomic E-state index is 0.319. The van der Waals surface area contributed by atoms with Crippen LogP contribution in [-0.4, -0.2) is 63.6 Å². The molecule has 36 heavy (non-hydrogen) atoms. The van der Waals surface area contributed by atoms with Crippen LogP contribution in [0.5, 0.6) is 0 Å². The number of hydrogen-bond donors (Lipinski definition) is 3. The molecule has 0 spiro atoms. The Morgan fingerprint density at radius 2 is 1.86 bits per heavy atom. The van der Waals surface area contributed by atoms with Gasteiger partial charge in [0.25, 0.3) is 0 Å². The van der Waals surface area contributed by atoms with Gasteiger partial charge >= 0.3 is 0 Å². The Hall–Kier alpha value is -2.85. The average Bonchev–Trinajstić information content (AvgIpc) is 3.35. The second kappa shape index (κ2) is 9.55. The fraction of sp³-hybridized carbons (Fsp3) is 0.538. The number of amides is 3. The summed E-state index contributed by atoms with van der Waals surface area (Å²) < 4.78 is 15.1. The summed E-state index contributed by atoms with van der Waals surface area (Å²) in [5.41, 5.74) is 3.37. The van der Waals surface area contributed by atoms with E-state index in [0.29, 0.717) is 12.8 Å². The number of nitrogens with zero attached hydrogens (tertiary/aromatic N) is 2. The number of carbonyl (C=O) groups excluding carboxylic acids is 3. The Kier molecular flexibility index (Phi) is 6.96. The average molecular weight is 517 g/mol. The Morgan fingerprint density at radius 3 is 2.36 bits per heavy atom. The van der Waals surface area contributed by atoms with E-state index in [1.807, 2.05) is 31.2 Å². The zero-order chi connectivity index (χ0) is 26.4. The lowest BCUT2D eigenvalue weighted by Crippen LogP contribution is -2.59. The molecule has 3 N–H and O–H groups in total. The van der Waals surface area contributed by atoms with E-state index in [1.165, 1.54) is 6.92 Å². The first kappa shape index (κ1) is 26.2. The molecule has 4 rings (SSSR count). The maximum absolute atomic E-state index is 15.1. The Labute approximate surface area is 214 Å². The third-order valence-electron chi connectivity index (χ3n) is 6.96. The molecule has 1 aliphatic heterocycles. The van der Waals surface area contributed by atoms with E-state index in [9.17, 15) is 19.5 Å². The van der Waals surface area contributed by atoms with Crippen molar-refractivity contribution in [3.63, 3.8) is 0 Å². The van der Waals surface area contributed by atoms with Gasteiger partial charge < -0.3 is 20.6 Å². The Morgan fingerprint density at radius 1 is 1.22 bits per heavy atom. The fourth-order valence-corrected chi connectivity index (χ4v) is 5.58. The zero-order valence-electron chi connectivity index (χ0n) is 21.2. The van der Waals surface area contributed by atoms with Crippen LogP contribution in [-0.2, 0) is 19.9 Å². The third kappa shape index (κ3) is 5.01. The number of thiazole rings is 1. The maximum atomic E-state index is 15.1. The van der Waals surface area contributed by atoms with Crippen LogP contribution in [0.4, 0.5) is 4.39 Å². The van der Waals surface area contributed by atoms with Gasteiger partial charge in [0.1, 0.15) is 18.2 Å². The Bertz CT molecular complexity index is 1160. The predicted octanol–water partition coefficient (Wildman–Crippen LogP) is 2.68. The first-order valence-electron chi connectivity index (χ1n) is 12.1. The van der Waals surface area contributed by atoms with Crippen LogP contribution in [0.25, 0.3) is 10.4 Å². The molecule has 2 fully saturated rings. The highest BCUT2D eigenvalue weighted by Gasteiger charge is 2.54. The molecule has 2 aromatic rings. The summed E-state index contributed by atoms with van der Waals surface area (Å²) in [5, 5.41) is 15.8. The van der Waals surface area contributed by atoms with Gasteiger partial charge in [-0.05, 0) is 36.3 Å². The van der Waals surface area contributed by atoms with E-state index in [2.05, 4.69) is 15.6 Å². The van der Waals surface area contributed by atoms with Crippen molar-refractivity contribution in [1.29, 1.82) is 0 Å². The summed E-state index contributed by atoms with van der Waals surface area (Å²) in [6.45, 7) is 8.25. The minimum Gasteiger partial charge on any atom is -0.388 e. The van der Waals surface area contributed by atoms with Crippen molar-refractivity contribution in [3.05, 3.63) is 41.0 Å². The molecule has 194 valence electrons. The summed E-state index contributed by atoms with van der Waals surface area (Å²) in [6.07, 6.45) is -2.04. The van der Waals surface area contributed by atoms with Gasteiger partial charge in [0.2, 0.25) is 17.7 Å². The van der Waals surface area contributed by atoms with Crippen LogP contribution < -0.4 is 10.6 Å². The number of halogens is 1. The number of likely N-dealkylation sites (tertiary alicyclic amines) is 1. The molecule has 10 heteroatoms. The zero-order valence-corrected chi connectivity index (χ0v) is 22.0. The number of aromatic nitrogens is 1. The van der Waals surface area contributed by atoms with Crippen LogP contribution in [0.1, 0.15) is 51.8 Å². The molecule has 1 saturated heterocycles. The number of carbonyl (C=O) groups is 3. The molecule has 1 aliphatic carbocycles. The highest BCUT2D eigenvalue weighted by Crippen LogP contribution is 2.46. The number of aliphatic hydroxyl groups excluding tert-OH is 1. The van der Waals surface area contributed by atoms with Gasteiger partial charge in [0.05, 0.1) is 28.2 Å². The van der Waals surface area contributed by atoms with Gasteiger partial charge in [-0.15, -0.1) is 11.3 Å². The SMILES string of the molecule is CC(=O)N[C@H](C(=O)N1C[C@H](O)[C@H](F)[C@H]1C(=O)NC1(c2ccc(-c3scnc3C)cc2)CC1)C(C)(C)C. The number of hydrogen-bond acceptors (Lipinski definition) is 6. The molecule has 0 unspecified atom stereocenters. The maximum Gasteiger partial charge on any atom is 0.246 e. The van der Waals surface area contributed by atoms with Gasteiger partial charge in [-0.25, -0.2) is 9.37 Å². The molecular formula is C26H33FN4O4S. The summed E-state index contributed by atoms with van der Waals surface area (Å²) in [6, 6.07) is 5.41.